The normalized spacial score (nSPS) is 16.2. The van der Waals surface area contributed by atoms with Gasteiger partial charge in [0.25, 0.3) is 5.91 Å². The number of amides is 1. The number of aliphatic hydroxyl groups is 1. The Kier molecular flexibility index (Phi) is 8.45. The molecule has 1 unspecified atom stereocenters. The predicted octanol–water partition coefficient (Wildman–Crippen LogP) is 2.90. The molecule has 1 aromatic carbocycles. The van der Waals surface area contributed by atoms with Crippen molar-refractivity contribution in [2.24, 2.45) is 0 Å². The van der Waals surface area contributed by atoms with Gasteiger partial charge in [0.15, 0.2) is 0 Å². The molecule has 1 aromatic heterocycles. The number of carbonyl (C=O) groups excluding carboxylic acids is 1. The lowest BCUT2D eigenvalue weighted by Crippen LogP contribution is -2.37. The third-order valence-corrected chi connectivity index (χ3v) is 5.26. The number of hydrogen-bond acceptors (Lipinski definition) is 6. The van der Waals surface area contributed by atoms with Gasteiger partial charge in [0.2, 0.25) is 0 Å². The Morgan fingerprint density at radius 3 is 2.70 bits per heavy atom. The number of rotatable bonds is 8. The van der Waals surface area contributed by atoms with Gasteiger partial charge in [-0.15, -0.1) is 0 Å². The fourth-order valence-corrected chi connectivity index (χ4v) is 3.56. The zero-order chi connectivity index (χ0) is 21.3. The first-order valence-corrected chi connectivity index (χ1v) is 10.7. The zero-order valence-electron chi connectivity index (χ0n) is 17.3. The zero-order valence-corrected chi connectivity index (χ0v) is 18.0. The predicted molar refractivity (Wildman–Crippen MR) is 119 cm³/mol. The second-order valence-corrected chi connectivity index (χ2v) is 7.76. The van der Waals surface area contributed by atoms with Crippen LogP contribution in [-0.4, -0.2) is 72.9 Å². The van der Waals surface area contributed by atoms with Crippen molar-refractivity contribution in [3.63, 3.8) is 0 Å². The monoisotopic (exact) mass is 432 g/mol. The number of carbonyl (C=O) groups is 1. The fourth-order valence-electron chi connectivity index (χ4n) is 3.44. The lowest BCUT2D eigenvalue weighted by atomic mass is 10.2. The molecular formula is C22H29ClN4O3. The molecule has 2 N–H and O–H groups in total. The molecule has 0 radical (unpaired) electrons. The van der Waals surface area contributed by atoms with Crippen LogP contribution in [0.15, 0.2) is 42.6 Å². The average Bonchev–Trinajstić information content (AvgIpc) is 2.99. The lowest BCUT2D eigenvalue weighted by molar-refractivity contribution is 0.0223. The molecule has 0 bridgehead atoms. The van der Waals surface area contributed by atoms with Crippen molar-refractivity contribution in [2.45, 2.75) is 19.4 Å². The van der Waals surface area contributed by atoms with E-state index in [4.69, 9.17) is 16.3 Å². The number of halogens is 1. The number of benzene rings is 1. The number of aliphatic hydroxyl groups excluding tert-OH is 1. The van der Waals surface area contributed by atoms with Crippen LogP contribution in [0.25, 0.3) is 0 Å². The van der Waals surface area contributed by atoms with Crippen molar-refractivity contribution >= 4 is 29.0 Å². The Morgan fingerprint density at radius 2 is 2.00 bits per heavy atom. The molecule has 0 aliphatic carbocycles. The molecule has 1 atom stereocenters. The number of nitrogens with one attached hydrogen (secondary N) is 1. The molecule has 0 saturated carbocycles. The van der Waals surface area contributed by atoms with E-state index in [1.807, 2.05) is 19.1 Å². The van der Waals surface area contributed by atoms with Crippen LogP contribution < -0.4 is 10.2 Å². The lowest BCUT2D eigenvalue weighted by Gasteiger charge is -2.24. The van der Waals surface area contributed by atoms with Crippen LogP contribution in [0, 0.1) is 0 Å². The highest BCUT2D eigenvalue weighted by molar-refractivity contribution is 6.30. The molecule has 2 aromatic rings. The Morgan fingerprint density at radius 1 is 1.20 bits per heavy atom. The molecule has 1 amide bonds. The maximum Gasteiger partial charge on any atom is 0.255 e. The third-order valence-electron chi connectivity index (χ3n) is 5.01. The van der Waals surface area contributed by atoms with E-state index >= 15 is 0 Å². The molecule has 1 fully saturated rings. The summed E-state index contributed by atoms with van der Waals surface area (Å²) in [6, 6.07) is 10.6. The molecular weight excluding hydrogens is 404 g/mol. The molecule has 3 rings (SSSR count). The minimum atomic E-state index is -0.460. The van der Waals surface area contributed by atoms with Crippen molar-refractivity contribution in [3.05, 3.63) is 53.2 Å². The summed E-state index contributed by atoms with van der Waals surface area (Å²) in [7, 11) is 0. The van der Waals surface area contributed by atoms with Crippen LogP contribution in [-0.2, 0) is 4.74 Å². The van der Waals surface area contributed by atoms with Crippen LogP contribution in [0.5, 0.6) is 0 Å². The summed E-state index contributed by atoms with van der Waals surface area (Å²) in [6.07, 6.45) is 2.22. The Labute approximate surface area is 182 Å². The number of pyridine rings is 1. The van der Waals surface area contributed by atoms with Crippen LogP contribution in [0.3, 0.4) is 0 Å². The first kappa shape index (κ1) is 22.5. The number of β-amino-alcohol motifs (C(OH)–C–C–N with tert-alkyl or cyclic N) is 1. The molecule has 1 aliphatic rings. The van der Waals surface area contributed by atoms with E-state index in [0.717, 1.165) is 38.4 Å². The second kappa shape index (κ2) is 11.3. The molecule has 2 heterocycles. The van der Waals surface area contributed by atoms with Crippen molar-refractivity contribution < 1.29 is 14.6 Å². The van der Waals surface area contributed by atoms with Crippen LogP contribution >= 0.6 is 11.6 Å². The second-order valence-electron chi connectivity index (χ2n) is 7.32. The van der Waals surface area contributed by atoms with E-state index in [-0.39, 0.29) is 5.91 Å². The summed E-state index contributed by atoms with van der Waals surface area (Å²) in [5.41, 5.74) is 1.19. The molecule has 8 heteroatoms. The molecule has 162 valence electrons. The summed E-state index contributed by atoms with van der Waals surface area (Å²) in [5, 5.41) is 13.5. The maximum atomic E-state index is 12.3. The van der Waals surface area contributed by atoms with Gasteiger partial charge in [-0.1, -0.05) is 11.6 Å². The third kappa shape index (κ3) is 6.67. The quantitative estimate of drug-likeness (QED) is 0.667. The minimum absolute atomic E-state index is 0.197. The van der Waals surface area contributed by atoms with Crippen LogP contribution in [0.1, 0.15) is 23.7 Å². The summed E-state index contributed by atoms with van der Waals surface area (Å²) < 4.78 is 5.30. The van der Waals surface area contributed by atoms with E-state index < -0.39 is 6.10 Å². The maximum absolute atomic E-state index is 12.3. The molecule has 0 spiro atoms. The highest BCUT2D eigenvalue weighted by Gasteiger charge is 2.18. The van der Waals surface area contributed by atoms with Gasteiger partial charge in [-0.2, -0.15) is 0 Å². The standard InChI is InChI=1S/C22H29ClN4O3/c1-2-30-16-20(28)15-26-10-3-11-27(13-12-26)21-9-8-19(14-24-21)25-22(29)17-4-6-18(23)7-5-17/h4-9,14,20,28H,2-3,10-13,15-16H2,1H3,(H,25,29). The Hall–Kier alpha value is -2.19. The molecule has 30 heavy (non-hydrogen) atoms. The number of ether oxygens (including phenoxy) is 1. The van der Waals surface area contributed by atoms with Crippen molar-refractivity contribution in [3.8, 4) is 0 Å². The van der Waals surface area contributed by atoms with E-state index in [9.17, 15) is 9.90 Å². The van der Waals surface area contributed by atoms with Gasteiger partial charge in [0.05, 0.1) is 24.6 Å². The van der Waals surface area contributed by atoms with Gasteiger partial charge >= 0.3 is 0 Å². The highest BCUT2D eigenvalue weighted by atomic mass is 35.5. The van der Waals surface area contributed by atoms with E-state index in [1.165, 1.54) is 0 Å². The molecule has 7 nitrogen and oxygen atoms in total. The number of hydrogen-bond donors (Lipinski definition) is 2. The number of nitrogens with zero attached hydrogens (tertiary/aromatic N) is 3. The fraction of sp³-hybridized carbons (Fsp3) is 0.455. The summed E-state index contributed by atoms with van der Waals surface area (Å²) in [6.45, 7) is 7.09. The largest absolute Gasteiger partial charge is 0.389 e. The number of anilines is 2. The summed E-state index contributed by atoms with van der Waals surface area (Å²) in [5.74, 6) is 0.688. The molecule has 1 saturated heterocycles. The van der Waals surface area contributed by atoms with Crippen molar-refractivity contribution in [1.82, 2.24) is 9.88 Å². The first-order chi connectivity index (χ1) is 14.5. The van der Waals surface area contributed by atoms with Crippen molar-refractivity contribution in [1.29, 1.82) is 0 Å². The number of aromatic nitrogens is 1. The van der Waals surface area contributed by atoms with Crippen molar-refractivity contribution in [2.75, 3.05) is 56.2 Å². The van der Waals surface area contributed by atoms with Gasteiger partial charge in [-0.05, 0) is 56.3 Å². The van der Waals surface area contributed by atoms with E-state index in [0.29, 0.717) is 36.0 Å². The Bertz CT molecular complexity index is 801. The minimum Gasteiger partial charge on any atom is -0.389 e. The van der Waals surface area contributed by atoms with Gasteiger partial charge in [0.1, 0.15) is 5.82 Å². The van der Waals surface area contributed by atoms with E-state index in [1.54, 1.807) is 30.5 Å². The summed E-state index contributed by atoms with van der Waals surface area (Å²) >= 11 is 5.87. The summed E-state index contributed by atoms with van der Waals surface area (Å²) in [4.78, 5) is 21.4. The Balaban J connectivity index is 1.52. The highest BCUT2D eigenvalue weighted by Crippen LogP contribution is 2.18. The van der Waals surface area contributed by atoms with Gasteiger partial charge < -0.3 is 20.1 Å². The molecule has 1 aliphatic heterocycles. The van der Waals surface area contributed by atoms with Gasteiger partial charge in [-0.25, -0.2) is 4.98 Å². The topological polar surface area (TPSA) is 77.9 Å². The van der Waals surface area contributed by atoms with Gasteiger partial charge in [0, 0.05) is 43.4 Å². The van der Waals surface area contributed by atoms with Crippen LogP contribution in [0.4, 0.5) is 11.5 Å². The average molecular weight is 433 g/mol. The SMILES string of the molecule is CCOCC(O)CN1CCCN(c2ccc(NC(=O)c3ccc(Cl)cc3)cn2)CC1. The van der Waals surface area contributed by atoms with Crippen LogP contribution in [0.2, 0.25) is 5.02 Å². The van der Waals surface area contributed by atoms with Gasteiger partial charge in [-0.3, -0.25) is 9.69 Å². The smallest absolute Gasteiger partial charge is 0.255 e. The first-order valence-electron chi connectivity index (χ1n) is 10.3. The van der Waals surface area contributed by atoms with E-state index in [2.05, 4.69) is 20.1 Å².